The molecule has 31 heavy (non-hydrogen) atoms. The van der Waals surface area contributed by atoms with Gasteiger partial charge in [-0.3, -0.25) is 14.0 Å². The fourth-order valence-electron chi connectivity index (χ4n) is 3.72. The Morgan fingerprint density at radius 2 is 1.65 bits per heavy atom. The Labute approximate surface area is 179 Å². The van der Waals surface area contributed by atoms with Crippen LogP contribution in [0.15, 0.2) is 48.5 Å². The van der Waals surface area contributed by atoms with Gasteiger partial charge in [0.25, 0.3) is 0 Å². The number of amides is 2. The molecule has 3 rings (SSSR count). The Morgan fingerprint density at radius 3 is 2.23 bits per heavy atom. The van der Waals surface area contributed by atoms with Gasteiger partial charge in [0.1, 0.15) is 12.6 Å². The van der Waals surface area contributed by atoms with Gasteiger partial charge in [0, 0.05) is 18.9 Å². The van der Waals surface area contributed by atoms with Gasteiger partial charge < -0.3 is 20.5 Å². The normalized spacial score (nSPS) is 13.1. The Hall–Kier alpha value is -3.42. The molecule has 0 heterocycles. The van der Waals surface area contributed by atoms with E-state index in [1.165, 1.54) is 0 Å². The largest absolute Gasteiger partial charge is 0.481 e. The highest BCUT2D eigenvalue weighted by Crippen LogP contribution is 2.44. The summed E-state index contributed by atoms with van der Waals surface area (Å²) < 4.78 is 17.7. The number of alkyl carbamates (subject to hydrolysis) is 1. The molecule has 164 valence electrons. The van der Waals surface area contributed by atoms with Crippen LogP contribution in [0.3, 0.4) is 0 Å². The average Bonchev–Trinajstić information content (AvgIpc) is 3.09. The summed E-state index contributed by atoms with van der Waals surface area (Å²) in [6.45, 7) is -0.403. The molecule has 0 aromatic heterocycles. The first-order valence-electron chi connectivity index (χ1n) is 10.2. The van der Waals surface area contributed by atoms with E-state index in [-0.39, 0.29) is 38.3 Å². The third-order valence-electron chi connectivity index (χ3n) is 5.21. The second-order valence-corrected chi connectivity index (χ2v) is 7.29. The minimum atomic E-state index is -1.09. The zero-order valence-electron chi connectivity index (χ0n) is 17.0. The van der Waals surface area contributed by atoms with Crippen LogP contribution in [0.4, 0.5) is 9.18 Å². The van der Waals surface area contributed by atoms with Gasteiger partial charge in [0.2, 0.25) is 5.91 Å². The molecule has 0 radical (unpaired) electrons. The fourth-order valence-corrected chi connectivity index (χ4v) is 3.72. The van der Waals surface area contributed by atoms with E-state index in [1.54, 1.807) is 0 Å². The first kappa shape index (κ1) is 22.3. The summed E-state index contributed by atoms with van der Waals surface area (Å²) in [6, 6.07) is 14.7. The number of benzene rings is 2. The molecular formula is C23H25FN2O5. The second-order valence-electron chi connectivity index (χ2n) is 7.29. The molecule has 0 fully saturated rings. The molecule has 7 nitrogen and oxygen atoms in total. The van der Waals surface area contributed by atoms with Gasteiger partial charge in [-0.15, -0.1) is 0 Å². The van der Waals surface area contributed by atoms with E-state index in [4.69, 9.17) is 9.84 Å². The molecule has 1 aliphatic carbocycles. The van der Waals surface area contributed by atoms with Crippen LogP contribution < -0.4 is 10.6 Å². The van der Waals surface area contributed by atoms with Crippen LogP contribution >= 0.6 is 0 Å². The summed E-state index contributed by atoms with van der Waals surface area (Å²) in [5, 5.41) is 13.8. The summed E-state index contributed by atoms with van der Waals surface area (Å²) in [5.74, 6) is -1.78. The van der Waals surface area contributed by atoms with Gasteiger partial charge in [-0.25, -0.2) is 4.79 Å². The van der Waals surface area contributed by atoms with Crippen LogP contribution in [-0.4, -0.2) is 48.9 Å². The minimum absolute atomic E-state index is 0.0784. The predicted octanol–water partition coefficient (Wildman–Crippen LogP) is 3.23. The second kappa shape index (κ2) is 10.6. The molecule has 1 aliphatic rings. The summed E-state index contributed by atoms with van der Waals surface area (Å²) in [6.07, 6.45) is -1.06. The topological polar surface area (TPSA) is 105 Å². The van der Waals surface area contributed by atoms with Crippen molar-refractivity contribution < 1.29 is 28.6 Å². The van der Waals surface area contributed by atoms with Gasteiger partial charge in [0.05, 0.1) is 6.67 Å². The van der Waals surface area contributed by atoms with Gasteiger partial charge in [-0.2, -0.15) is 0 Å². The van der Waals surface area contributed by atoms with Gasteiger partial charge in [0.15, 0.2) is 0 Å². The number of alkyl halides is 1. The number of hydrogen-bond acceptors (Lipinski definition) is 4. The number of hydrogen-bond donors (Lipinski definition) is 3. The molecule has 8 heteroatoms. The standard InChI is InChI=1S/C23H25FN2O5/c24-12-5-13-25-22(29)20(10-11-21(27)28)26-23(30)31-14-19-17-8-3-1-6-15(17)16-7-2-4-9-18(16)19/h1-4,6-9,19-20H,5,10-14H2,(H,25,29)(H,26,30)(H,27,28). The minimum Gasteiger partial charge on any atom is -0.481 e. The van der Waals surface area contributed by atoms with Crippen LogP contribution in [0.5, 0.6) is 0 Å². The Morgan fingerprint density at radius 1 is 1.03 bits per heavy atom. The van der Waals surface area contributed by atoms with Crippen molar-refractivity contribution >= 4 is 18.0 Å². The number of nitrogens with one attached hydrogen (secondary N) is 2. The summed E-state index contributed by atoms with van der Waals surface area (Å²) >= 11 is 0. The number of fused-ring (bicyclic) bond motifs is 3. The summed E-state index contributed by atoms with van der Waals surface area (Å²) in [5.41, 5.74) is 4.31. The Bertz CT molecular complexity index is 904. The van der Waals surface area contributed by atoms with Crippen molar-refractivity contribution in [1.29, 1.82) is 0 Å². The molecule has 0 saturated carbocycles. The zero-order valence-corrected chi connectivity index (χ0v) is 17.0. The quantitative estimate of drug-likeness (QED) is 0.504. The van der Waals surface area contributed by atoms with E-state index in [0.717, 1.165) is 22.3 Å². The lowest BCUT2D eigenvalue weighted by atomic mass is 9.98. The molecular weight excluding hydrogens is 403 g/mol. The van der Waals surface area contributed by atoms with Gasteiger partial charge in [-0.05, 0) is 35.1 Å². The van der Waals surface area contributed by atoms with Crippen molar-refractivity contribution in [3.63, 3.8) is 0 Å². The Balaban J connectivity index is 1.63. The molecule has 1 unspecified atom stereocenters. The first-order chi connectivity index (χ1) is 15.0. The number of carboxylic acid groups (broad SMARTS) is 1. The number of carbonyl (C=O) groups is 3. The maximum Gasteiger partial charge on any atom is 0.407 e. The first-order valence-corrected chi connectivity index (χ1v) is 10.2. The van der Waals surface area contributed by atoms with Crippen LogP contribution in [0.1, 0.15) is 36.3 Å². The van der Waals surface area contributed by atoms with Crippen molar-refractivity contribution in [3.8, 4) is 11.1 Å². The number of aliphatic carboxylic acids is 1. The number of ether oxygens (including phenoxy) is 1. The number of halogens is 1. The van der Waals surface area contributed by atoms with E-state index in [1.807, 2.05) is 48.5 Å². The SMILES string of the molecule is O=C(O)CCC(NC(=O)OCC1c2ccccc2-c2ccccc21)C(=O)NCCCF. The highest BCUT2D eigenvalue weighted by molar-refractivity contribution is 5.86. The van der Waals surface area contributed by atoms with Crippen molar-refractivity contribution in [2.24, 2.45) is 0 Å². The third kappa shape index (κ3) is 5.59. The van der Waals surface area contributed by atoms with Crippen molar-refractivity contribution in [2.75, 3.05) is 19.8 Å². The summed E-state index contributed by atoms with van der Waals surface area (Å²) in [7, 11) is 0. The smallest absolute Gasteiger partial charge is 0.407 e. The third-order valence-corrected chi connectivity index (χ3v) is 5.21. The molecule has 0 saturated heterocycles. The van der Waals surface area contributed by atoms with E-state index in [0.29, 0.717) is 0 Å². The van der Waals surface area contributed by atoms with Crippen LogP contribution in [0, 0.1) is 0 Å². The zero-order chi connectivity index (χ0) is 22.2. The van der Waals surface area contributed by atoms with Crippen LogP contribution in [0.2, 0.25) is 0 Å². The molecule has 2 aromatic carbocycles. The fraction of sp³-hybridized carbons (Fsp3) is 0.348. The number of carbonyl (C=O) groups excluding carboxylic acids is 2. The maximum absolute atomic E-state index is 12.4. The molecule has 0 aliphatic heterocycles. The molecule has 2 amide bonds. The average molecular weight is 428 g/mol. The highest BCUT2D eigenvalue weighted by Gasteiger charge is 2.29. The Kier molecular flexibility index (Phi) is 7.59. The lowest BCUT2D eigenvalue weighted by Crippen LogP contribution is -2.47. The van der Waals surface area contributed by atoms with Gasteiger partial charge in [-0.1, -0.05) is 48.5 Å². The van der Waals surface area contributed by atoms with Crippen molar-refractivity contribution in [1.82, 2.24) is 10.6 Å². The van der Waals surface area contributed by atoms with E-state index in [2.05, 4.69) is 10.6 Å². The van der Waals surface area contributed by atoms with Crippen molar-refractivity contribution in [2.45, 2.75) is 31.2 Å². The number of rotatable bonds is 10. The van der Waals surface area contributed by atoms with E-state index >= 15 is 0 Å². The predicted molar refractivity (Wildman–Crippen MR) is 112 cm³/mol. The lowest BCUT2D eigenvalue weighted by Gasteiger charge is -2.19. The van der Waals surface area contributed by atoms with Crippen molar-refractivity contribution in [3.05, 3.63) is 59.7 Å². The summed E-state index contributed by atoms with van der Waals surface area (Å²) in [4.78, 5) is 35.5. The molecule has 2 aromatic rings. The number of carboxylic acids is 1. The van der Waals surface area contributed by atoms with Gasteiger partial charge >= 0.3 is 12.1 Å². The van der Waals surface area contributed by atoms with Crippen LogP contribution in [-0.2, 0) is 14.3 Å². The van der Waals surface area contributed by atoms with E-state index in [9.17, 15) is 18.8 Å². The van der Waals surface area contributed by atoms with E-state index < -0.39 is 30.7 Å². The monoisotopic (exact) mass is 428 g/mol. The molecule has 0 bridgehead atoms. The molecule has 1 atom stereocenters. The van der Waals surface area contributed by atoms with Crippen LogP contribution in [0.25, 0.3) is 11.1 Å². The maximum atomic E-state index is 12.4. The lowest BCUT2D eigenvalue weighted by molar-refractivity contribution is -0.137. The molecule has 0 spiro atoms. The molecule has 3 N–H and O–H groups in total. The highest BCUT2D eigenvalue weighted by atomic mass is 19.1.